The summed E-state index contributed by atoms with van der Waals surface area (Å²) in [7, 11) is 0. The van der Waals surface area contributed by atoms with Gasteiger partial charge in [-0.25, -0.2) is 14.4 Å². The monoisotopic (exact) mass is 376 g/mol. The topological polar surface area (TPSA) is 76.1 Å². The molecule has 1 aromatic carbocycles. The number of benzene rings is 1. The van der Waals surface area contributed by atoms with Gasteiger partial charge < -0.3 is 4.90 Å². The summed E-state index contributed by atoms with van der Waals surface area (Å²) in [4.78, 5) is 40.0. The van der Waals surface area contributed by atoms with Gasteiger partial charge >= 0.3 is 0 Å². The summed E-state index contributed by atoms with van der Waals surface area (Å²) in [6.07, 6.45) is 3.45. The second-order valence-corrected chi connectivity index (χ2v) is 7.41. The molecule has 140 valence electrons. The molecule has 0 saturated carbocycles. The second-order valence-electron chi connectivity index (χ2n) is 7.41. The predicted octanol–water partition coefficient (Wildman–Crippen LogP) is 3.18. The third-order valence-corrected chi connectivity index (χ3v) is 5.58. The van der Waals surface area contributed by atoms with Crippen molar-refractivity contribution in [3.8, 4) is 0 Å². The first kappa shape index (κ1) is 16.9. The van der Waals surface area contributed by atoms with Crippen molar-refractivity contribution in [1.82, 2.24) is 15.0 Å². The van der Waals surface area contributed by atoms with Crippen molar-refractivity contribution >= 4 is 28.3 Å². The van der Waals surface area contributed by atoms with Crippen molar-refractivity contribution in [2.45, 2.75) is 19.8 Å². The molecule has 6 nitrogen and oxygen atoms in total. The van der Waals surface area contributed by atoms with E-state index in [1.165, 1.54) is 6.20 Å². The first-order valence-corrected chi connectivity index (χ1v) is 9.34. The molecular formula is C21H17FN4O2. The third kappa shape index (κ3) is 2.42. The molecule has 28 heavy (non-hydrogen) atoms. The lowest BCUT2D eigenvalue weighted by atomic mass is 9.93. The van der Waals surface area contributed by atoms with Gasteiger partial charge in [-0.1, -0.05) is 6.92 Å². The Bertz CT molecular complexity index is 1150. The van der Waals surface area contributed by atoms with Gasteiger partial charge in [-0.3, -0.25) is 14.6 Å². The summed E-state index contributed by atoms with van der Waals surface area (Å²) < 4.78 is 15.3. The van der Waals surface area contributed by atoms with E-state index >= 15 is 4.39 Å². The van der Waals surface area contributed by atoms with Crippen LogP contribution in [0.2, 0.25) is 0 Å². The Morgan fingerprint density at radius 3 is 2.54 bits per heavy atom. The Labute approximate surface area is 160 Å². The van der Waals surface area contributed by atoms with Gasteiger partial charge in [0, 0.05) is 19.3 Å². The van der Waals surface area contributed by atoms with E-state index in [2.05, 4.69) is 21.9 Å². The van der Waals surface area contributed by atoms with E-state index in [1.54, 1.807) is 24.3 Å². The Balaban J connectivity index is 1.65. The first-order valence-electron chi connectivity index (χ1n) is 9.34. The average molecular weight is 376 g/mol. The molecule has 0 bridgehead atoms. The number of piperidine rings is 1. The molecule has 1 fully saturated rings. The van der Waals surface area contributed by atoms with Crippen molar-refractivity contribution in [2.24, 2.45) is 5.92 Å². The molecule has 0 amide bonds. The lowest BCUT2D eigenvalue weighted by Crippen LogP contribution is -2.33. The Morgan fingerprint density at radius 1 is 1.00 bits per heavy atom. The van der Waals surface area contributed by atoms with Crippen LogP contribution in [-0.4, -0.2) is 39.6 Å². The lowest BCUT2D eigenvalue weighted by Gasteiger charge is -2.32. The molecule has 0 unspecified atom stereocenters. The number of rotatable bonds is 1. The standard InChI is InChI=1S/C21H17FN4O2/c1-11-6-9-26(10-7-11)14-5-4-13-17(15(14)22)25-19-18(24-13)20(27)12-3-2-8-23-16(12)21(19)28/h2-5,8,11H,6-7,9-10H2,1H3. The van der Waals surface area contributed by atoms with E-state index < -0.39 is 17.4 Å². The highest BCUT2D eigenvalue weighted by atomic mass is 19.1. The van der Waals surface area contributed by atoms with Crippen molar-refractivity contribution < 1.29 is 14.0 Å². The summed E-state index contributed by atoms with van der Waals surface area (Å²) in [5.74, 6) is -0.796. The van der Waals surface area contributed by atoms with Crippen molar-refractivity contribution in [3.05, 3.63) is 58.9 Å². The lowest BCUT2D eigenvalue weighted by molar-refractivity contribution is 0.0968. The van der Waals surface area contributed by atoms with Crippen LogP contribution in [0.1, 0.15) is 52.0 Å². The minimum Gasteiger partial charge on any atom is -0.369 e. The Morgan fingerprint density at radius 2 is 1.75 bits per heavy atom. The fourth-order valence-corrected chi connectivity index (χ4v) is 3.90. The van der Waals surface area contributed by atoms with Gasteiger partial charge in [0.25, 0.3) is 0 Å². The maximum absolute atomic E-state index is 15.3. The highest BCUT2D eigenvalue weighted by molar-refractivity contribution is 6.26. The van der Waals surface area contributed by atoms with E-state index in [0.717, 1.165) is 25.9 Å². The number of halogens is 1. The van der Waals surface area contributed by atoms with Crippen LogP contribution in [0.25, 0.3) is 11.0 Å². The van der Waals surface area contributed by atoms with Gasteiger partial charge in [0.05, 0.1) is 16.8 Å². The number of anilines is 1. The number of ketones is 2. The molecule has 0 N–H and O–H groups in total. The molecule has 0 atom stereocenters. The predicted molar refractivity (Wildman–Crippen MR) is 101 cm³/mol. The van der Waals surface area contributed by atoms with E-state index in [1.807, 2.05) is 4.90 Å². The van der Waals surface area contributed by atoms with Crippen LogP contribution in [0.15, 0.2) is 30.5 Å². The van der Waals surface area contributed by atoms with E-state index in [0.29, 0.717) is 11.6 Å². The maximum atomic E-state index is 15.3. The van der Waals surface area contributed by atoms with Crippen LogP contribution >= 0.6 is 0 Å². The average Bonchev–Trinajstić information content (AvgIpc) is 2.72. The van der Waals surface area contributed by atoms with Crippen LogP contribution in [0.3, 0.4) is 0 Å². The molecule has 3 aromatic rings. The molecule has 2 aromatic heterocycles. The molecule has 1 aliphatic carbocycles. The normalized spacial score (nSPS) is 17.0. The molecule has 0 spiro atoms. The van der Waals surface area contributed by atoms with Crippen LogP contribution < -0.4 is 4.90 Å². The highest BCUT2D eigenvalue weighted by Crippen LogP contribution is 2.31. The minimum atomic E-state index is -0.505. The van der Waals surface area contributed by atoms with Gasteiger partial charge in [-0.05, 0) is 43.0 Å². The number of carbonyl (C=O) groups excluding carboxylic acids is 2. The van der Waals surface area contributed by atoms with Crippen LogP contribution in [0.4, 0.5) is 10.1 Å². The number of fused-ring (bicyclic) bond motifs is 3. The zero-order chi connectivity index (χ0) is 19.4. The van der Waals surface area contributed by atoms with Crippen LogP contribution in [-0.2, 0) is 0 Å². The molecule has 1 saturated heterocycles. The van der Waals surface area contributed by atoms with E-state index in [-0.39, 0.29) is 33.7 Å². The summed E-state index contributed by atoms with van der Waals surface area (Å²) in [5.41, 5.74) is 0.795. The molecule has 3 heterocycles. The van der Waals surface area contributed by atoms with Gasteiger partial charge in [0.15, 0.2) is 5.82 Å². The van der Waals surface area contributed by atoms with Gasteiger partial charge in [0.1, 0.15) is 22.6 Å². The fourth-order valence-electron chi connectivity index (χ4n) is 3.90. The third-order valence-electron chi connectivity index (χ3n) is 5.58. The van der Waals surface area contributed by atoms with E-state index in [9.17, 15) is 9.59 Å². The molecule has 5 rings (SSSR count). The number of hydrogen-bond acceptors (Lipinski definition) is 6. The number of pyridine rings is 1. The van der Waals surface area contributed by atoms with Crippen molar-refractivity contribution in [3.63, 3.8) is 0 Å². The summed E-state index contributed by atoms with van der Waals surface area (Å²) in [6, 6.07) is 6.47. The number of carbonyl (C=O) groups is 2. The largest absolute Gasteiger partial charge is 0.369 e. The summed E-state index contributed by atoms with van der Waals surface area (Å²) in [6.45, 7) is 3.74. The number of hydrogen-bond donors (Lipinski definition) is 0. The Hall–Kier alpha value is -3.22. The highest BCUT2D eigenvalue weighted by Gasteiger charge is 2.34. The Kier molecular flexibility index (Phi) is 3.72. The first-order chi connectivity index (χ1) is 13.5. The molecule has 0 radical (unpaired) electrons. The maximum Gasteiger partial charge on any atom is 0.232 e. The molecular weight excluding hydrogens is 359 g/mol. The van der Waals surface area contributed by atoms with Crippen molar-refractivity contribution in [2.75, 3.05) is 18.0 Å². The minimum absolute atomic E-state index is 0.00963. The number of aromatic nitrogens is 3. The fraction of sp³-hybridized carbons (Fsp3) is 0.286. The smallest absolute Gasteiger partial charge is 0.232 e. The van der Waals surface area contributed by atoms with E-state index in [4.69, 9.17) is 0 Å². The number of nitrogens with zero attached hydrogens (tertiary/aromatic N) is 4. The zero-order valence-electron chi connectivity index (χ0n) is 15.3. The zero-order valence-corrected chi connectivity index (χ0v) is 15.3. The quantitative estimate of drug-likeness (QED) is 0.508. The molecule has 2 aliphatic rings. The summed E-state index contributed by atoms with van der Waals surface area (Å²) >= 11 is 0. The molecule has 1 aliphatic heterocycles. The second kappa shape index (κ2) is 6.15. The van der Waals surface area contributed by atoms with Crippen LogP contribution in [0.5, 0.6) is 0 Å². The van der Waals surface area contributed by atoms with Gasteiger partial charge in [-0.15, -0.1) is 0 Å². The summed E-state index contributed by atoms with van der Waals surface area (Å²) in [5, 5.41) is 0. The van der Waals surface area contributed by atoms with Gasteiger partial charge in [0.2, 0.25) is 11.6 Å². The van der Waals surface area contributed by atoms with Gasteiger partial charge in [-0.2, -0.15) is 0 Å². The van der Waals surface area contributed by atoms with Crippen molar-refractivity contribution in [1.29, 1.82) is 0 Å². The molecule has 7 heteroatoms. The van der Waals surface area contributed by atoms with Crippen LogP contribution in [0, 0.1) is 11.7 Å². The SMILES string of the molecule is CC1CCN(c2ccc3nc4c(nc3c2F)C(=O)c2ncccc2C4=O)CC1.